The molecule has 19 heavy (non-hydrogen) atoms. The maximum atomic E-state index is 1.56. The Morgan fingerprint density at radius 1 is 0.368 bits per heavy atom. The van der Waals surface area contributed by atoms with Crippen molar-refractivity contribution in [3.05, 3.63) is 0 Å². The molecular weight excluding hydrogens is 247 g/mol. The second-order valence-electron chi connectivity index (χ2n) is 6.96. The Bertz CT molecular complexity index is 194. The van der Waals surface area contributed by atoms with Crippen LogP contribution in [0.1, 0.15) is 103 Å². The van der Waals surface area contributed by atoms with Crippen molar-refractivity contribution >= 4 is 8.58 Å². The van der Waals surface area contributed by atoms with Gasteiger partial charge in [-0.15, -0.1) is 8.58 Å². The smallest absolute Gasteiger partial charge is 0.0234 e. The molecule has 2 rings (SSSR count). The van der Waals surface area contributed by atoms with E-state index in [-0.39, 0.29) is 0 Å². The molecule has 2 saturated carbocycles. The summed E-state index contributed by atoms with van der Waals surface area (Å²) in [5, 5.41) is 0. The van der Waals surface area contributed by atoms with Crippen LogP contribution in [0.15, 0.2) is 0 Å². The molecule has 0 saturated heterocycles. The van der Waals surface area contributed by atoms with Gasteiger partial charge in [0.05, 0.1) is 0 Å². The third kappa shape index (κ3) is 7.12. The average Bonchev–Trinajstić information content (AvgIpc) is 2.70. The van der Waals surface area contributed by atoms with Gasteiger partial charge in [0.15, 0.2) is 0 Å². The normalized spacial score (nSPS) is 27.2. The lowest BCUT2D eigenvalue weighted by atomic mass is 10.1. The first kappa shape index (κ1) is 15.8. The molecule has 0 aromatic heterocycles. The van der Waals surface area contributed by atoms with Crippen molar-refractivity contribution in [1.29, 1.82) is 0 Å². The summed E-state index contributed by atoms with van der Waals surface area (Å²) in [6.45, 7) is 0. The van der Waals surface area contributed by atoms with Crippen LogP contribution in [0.4, 0.5) is 0 Å². The first-order chi connectivity index (χ1) is 9.45. The SMILES string of the molecule is C1CCCCCC(PC2CCCCCC2)CCCC1. The zero-order chi connectivity index (χ0) is 13.2. The highest BCUT2D eigenvalue weighted by molar-refractivity contribution is 7.39. The predicted octanol–water partition coefficient (Wildman–Crippen LogP) is 6.67. The van der Waals surface area contributed by atoms with Crippen LogP contribution in [0.3, 0.4) is 0 Å². The van der Waals surface area contributed by atoms with Crippen molar-refractivity contribution in [3.63, 3.8) is 0 Å². The van der Waals surface area contributed by atoms with Gasteiger partial charge in [0.1, 0.15) is 0 Å². The predicted molar refractivity (Wildman–Crippen MR) is 89.8 cm³/mol. The maximum Gasteiger partial charge on any atom is -0.0234 e. The van der Waals surface area contributed by atoms with E-state index in [9.17, 15) is 0 Å². The van der Waals surface area contributed by atoms with Gasteiger partial charge < -0.3 is 0 Å². The van der Waals surface area contributed by atoms with Crippen molar-refractivity contribution < 1.29 is 0 Å². The highest BCUT2D eigenvalue weighted by Crippen LogP contribution is 2.39. The molecule has 0 amide bonds. The van der Waals surface area contributed by atoms with Crippen LogP contribution in [0.2, 0.25) is 0 Å². The minimum Gasteiger partial charge on any atom is -0.116 e. The second kappa shape index (κ2) is 10.2. The van der Waals surface area contributed by atoms with Gasteiger partial charge in [0, 0.05) is 0 Å². The van der Waals surface area contributed by atoms with Crippen LogP contribution in [0.25, 0.3) is 0 Å². The highest BCUT2D eigenvalue weighted by atomic mass is 31.1. The molecule has 0 N–H and O–H groups in total. The van der Waals surface area contributed by atoms with E-state index in [1.165, 1.54) is 85.6 Å². The van der Waals surface area contributed by atoms with Crippen molar-refractivity contribution in [2.24, 2.45) is 0 Å². The van der Waals surface area contributed by atoms with E-state index in [0.29, 0.717) is 0 Å². The van der Waals surface area contributed by atoms with Crippen LogP contribution in [-0.4, -0.2) is 11.3 Å². The summed E-state index contributed by atoms with van der Waals surface area (Å²) in [5.41, 5.74) is 2.24. The molecule has 0 aromatic carbocycles. The third-order valence-corrected chi connectivity index (χ3v) is 7.28. The first-order valence-electron chi connectivity index (χ1n) is 9.21. The Hall–Kier alpha value is 0.430. The largest absolute Gasteiger partial charge is 0.116 e. The third-order valence-electron chi connectivity index (χ3n) is 5.18. The van der Waals surface area contributed by atoms with Crippen molar-refractivity contribution in [1.82, 2.24) is 0 Å². The lowest BCUT2D eigenvalue weighted by molar-refractivity contribution is 0.585. The van der Waals surface area contributed by atoms with E-state index in [4.69, 9.17) is 0 Å². The highest BCUT2D eigenvalue weighted by Gasteiger charge is 2.18. The number of rotatable bonds is 2. The lowest BCUT2D eigenvalue weighted by Crippen LogP contribution is -2.09. The Labute approximate surface area is 123 Å². The molecule has 0 heterocycles. The van der Waals surface area contributed by atoms with E-state index in [1.54, 1.807) is 25.7 Å². The molecule has 0 bridgehead atoms. The molecule has 2 aliphatic rings. The molecule has 0 radical (unpaired) electrons. The van der Waals surface area contributed by atoms with Crippen molar-refractivity contribution in [2.75, 3.05) is 0 Å². The van der Waals surface area contributed by atoms with E-state index < -0.39 is 0 Å². The van der Waals surface area contributed by atoms with Gasteiger partial charge in [-0.05, 0) is 37.0 Å². The monoisotopic (exact) mass is 282 g/mol. The minimum atomic E-state index is 1.11. The van der Waals surface area contributed by atoms with Gasteiger partial charge in [0.25, 0.3) is 0 Å². The van der Waals surface area contributed by atoms with Crippen LogP contribution < -0.4 is 0 Å². The molecule has 2 fully saturated rings. The summed E-state index contributed by atoms with van der Waals surface area (Å²) in [7, 11) is 1.31. The molecule has 1 unspecified atom stereocenters. The van der Waals surface area contributed by atoms with Gasteiger partial charge in [-0.3, -0.25) is 0 Å². The number of hydrogen-bond acceptors (Lipinski definition) is 0. The summed E-state index contributed by atoms with van der Waals surface area (Å²) in [6.07, 6.45) is 24.5. The molecule has 0 aromatic rings. The Morgan fingerprint density at radius 3 is 0.947 bits per heavy atom. The Kier molecular flexibility index (Phi) is 8.49. The fourth-order valence-electron chi connectivity index (χ4n) is 3.93. The standard InChI is InChI=1S/C18H35P/c1-2-4-6-10-14-17(13-9-5-3-1)19-18-15-11-7-8-12-16-18/h17-19H,1-16H2. The van der Waals surface area contributed by atoms with Crippen LogP contribution in [0, 0.1) is 0 Å². The molecule has 0 nitrogen and oxygen atoms in total. The fourth-order valence-corrected chi connectivity index (χ4v) is 6.08. The fraction of sp³-hybridized carbons (Fsp3) is 1.00. The number of hydrogen-bond donors (Lipinski definition) is 0. The molecule has 112 valence electrons. The zero-order valence-corrected chi connectivity index (χ0v) is 14.0. The minimum absolute atomic E-state index is 1.11. The van der Waals surface area contributed by atoms with E-state index in [2.05, 4.69) is 0 Å². The van der Waals surface area contributed by atoms with Crippen molar-refractivity contribution in [2.45, 2.75) is 114 Å². The summed E-state index contributed by atoms with van der Waals surface area (Å²) in [4.78, 5) is 0. The van der Waals surface area contributed by atoms with Gasteiger partial charge in [0.2, 0.25) is 0 Å². The van der Waals surface area contributed by atoms with Crippen molar-refractivity contribution in [3.8, 4) is 0 Å². The first-order valence-corrected chi connectivity index (χ1v) is 10.4. The summed E-state index contributed by atoms with van der Waals surface area (Å²) >= 11 is 0. The summed E-state index contributed by atoms with van der Waals surface area (Å²) in [6, 6.07) is 0. The summed E-state index contributed by atoms with van der Waals surface area (Å²) in [5.74, 6) is 0. The average molecular weight is 282 g/mol. The van der Waals surface area contributed by atoms with Crippen LogP contribution >= 0.6 is 8.58 Å². The van der Waals surface area contributed by atoms with Gasteiger partial charge >= 0.3 is 0 Å². The van der Waals surface area contributed by atoms with Gasteiger partial charge in [-0.1, -0.05) is 77.0 Å². The van der Waals surface area contributed by atoms with E-state index >= 15 is 0 Å². The van der Waals surface area contributed by atoms with Crippen LogP contribution in [0.5, 0.6) is 0 Å². The van der Waals surface area contributed by atoms with E-state index in [0.717, 1.165) is 11.3 Å². The van der Waals surface area contributed by atoms with E-state index in [1.807, 2.05) is 0 Å². The van der Waals surface area contributed by atoms with Crippen LogP contribution in [-0.2, 0) is 0 Å². The lowest BCUT2D eigenvalue weighted by Gasteiger charge is -2.23. The summed E-state index contributed by atoms with van der Waals surface area (Å²) < 4.78 is 0. The Balaban J connectivity index is 1.73. The molecule has 0 aliphatic heterocycles. The molecule has 1 atom stereocenters. The zero-order valence-electron chi connectivity index (χ0n) is 13.0. The van der Waals surface area contributed by atoms with Gasteiger partial charge in [-0.25, -0.2) is 0 Å². The quantitative estimate of drug-likeness (QED) is 0.392. The molecule has 1 heteroatoms. The second-order valence-corrected chi connectivity index (χ2v) is 8.92. The molecule has 0 spiro atoms. The van der Waals surface area contributed by atoms with Gasteiger partial charge in [-0.2, -0.15) is 0 Å². The Morgan fingerprint density at radius 2 is 0.632 bits per heavy atom. The molecule has 2 aliphatic carbocycles. The maximum absolute atomic E-state index is 1.56. The topological polar surface area (TPSA) is 0 Å². The molecular formula is C18H35P.